The third-order valence-corrected chi connectivity index (χ3v) is 3.18. The van der Waals surface area contributed by atoms with E-state index in [1.54, 1.807) is 13.0 Å². The normalized spacial score (nSPS) is 12.5. The van der Waals surface area contributed by atoms with Gasteiger partial charge in [-0.15, -0.1) is 0 Å². The Labute approximate surface area is 112 Å². The second-order valence-corrected chi connectivity index (χ2v) is 4.64. The summed E-state index contributed by atoms with van der Waals surface area (Å²) in [5.74, 6) is -0.298. The first-order valence-electron chi connectivity index (χ1n) is 6.30. The summed E-state index contributed by atoms with van der Waals surface area (Å²) in [5, 5.41) is 18.6. The molecule has 3 nitrogen and oxygen atoms in total. The summed E-state index contributed by atoms with van der Waals surface area (Å²) in [7, 11) is 0. The van der Waals surface area contributed by atoms with E-state index in [1.807, 2.05) is 19.9 Å². The van der Waals surface area contributed by atoms with Crippen molar-refractivity contribution in [3.63, 3.8) is 0 Å². The molecule has 0 saturated heterocycles. The van der Waals surface area contributed by atoms with Gasteiger partial charge < -0.3 is 5.11 Å². The molecule has 1 heterocycles. The Balaban J connectivity index is 2.49. The lowest BCUT2D eigenvalue weighted by Crippen LogP contribution is -2.09. The van der Waals surface area contributed by atoms with Gasteiger partial charge in [-0.1, -0.05) is 13.0 Å². The van der Waals surface area contributed by atoms with Crippen molar-refractivity contribution in [1.29, 1.82) is 0 Å². The van der Waals surface area contributed by atoms with Gasteiger partial charge in [-0.3, -0.25) is 0 Å². The van der Waals surface area contributed by atoms with Crippen LogP contribution < -0.4 is 0 Å². The highest BCUT2D eigenvalue weighted by atomic mass is 19.1. The standard InChI is InChI=1S/C15H17FN2O/c1-4-14-13(8-10(3)17-18-14)15(19)12-6-5-11(16)7-9(12)2/h5-8,15,19H,4H2,1-3H3. The first-order valence-corrected chi connectivity index (χ1v) is 6.30. The molecule has 19 heavy (non-hydrogen) atoms. The molecule has 0 spiro atoms. The van der Waals surface area contributed by atoms with Gasteiger partial charge in [-0.2, -0.15) is 10.2 Å². The minimum absolute atomic E-state index is 0.298. The number of hydrogen-bond donors (Lipinski definition) is 1. The zero-order valence-electron chi connectivity index (χ0n) is 11.3. The number of aryl methyl sites for hydroxylation is 3. The smallest absolute Gasteiger partial charge is 0.123 e. The van der Waals surface area contributed by atoms with E-state index in [4.69, 9.17) is 0 Å². The van der Waals surface area contributed by atoms with Crippen LogP contribution in [-0.4, -0.2) is 15.3 Å². The van der Waals surface area contributed by atoms with Crippen molar-refractivity contribution in [2.45, 2.75) is 33.3 Å². The summed E-state index contributed by atoms with van der Waals surface area (Å²) in [4.78, 5) is 0. The molecular formula is C15H17FN2O. The average Bonchev–Trinajstić information content (AvgIpc) is 2.38. The molecule has 2 aromatic rings. The molecular weight excluding hydrogens is 243 g/mol. The highest BCUT2D eigenvalue weighted by Gasteiger charge is 2.17. The lowest BCUT2D eigenvalue weighted by atomic mass is 9.95. The van der Waals surface area contributed by atoms with E-state index < -0.39 is 6.10 Å². The summed E-state index contributed by atoms with van der Waals surface area (Å²) in [6.07, 6.45) is -0.107. The lowest BCUT2D eigenvalue weighted by molar-refractivity contribution is 0.217. The van der Waals surface area contributed by atoms with E-state index in [0.29, 0.717) is 12.0 Å². The topological polar surface area (TPSA) is 46.0 Å². The molecule has 1 aromatic heterocycles. The molecule has 2 rings (SSSR count). The van der Waals surface area contributed by atoms with Crippen LogP contribution in [0.25, 0.3) is 0 Å². The zero-order chi connectivity index (χ0) is 14.0. The van der Waals surface area contributed by atoms with Crippen LogP contribution >= 0.6 is 0 Å². The van der Waals surface area contributed by atoms with Gasteiger partial charge in [0, 0.05) is 5.56 Å². The summed E-state index contributed by atoms with van der Waals surface area (Å²) in [6, 6.07) is 6.23. The Morgan fingerprint density at radius 3 is 2.53 bits per heavy atom. The van der Waals surface area contributed by atoms with E-state index in [1.165, 1.54) is 12.1 Å². The largest absolute Gasteiger partial charge is 0.384 e. The quantitative estimate of drug-likeness (QED) is 0.923. The van der Waals surface area contributed by atoms with E-state index in [2.05, 4.69) is 10.2 Å². The highest BCUT2D eigenvalue weighted by Crippen LogP contribution is 2.27. The van der Waals surface area contributed by atoms with Gasteiger partial charge in [0.05, 0.1) is 11.4 Å². The van der Waals surface area contributed by atoms with E-state index >= 15 is 0 Å². The minimum Gasteiger partial charge on any atom is -0.384 e. The Morgan fingerprint density at radius 1 is 1.16 bits per heavy atom. The molecule has 0 aliphatic heterocycles. The Bertz CT molecular complexity index is 599. The van der Waals surface area contributed by atoms with Gasteiger partial charge in [-0.05, 0) is 49.6 Å². The molecule has 1 N–H and O–H groups in total. The average molecular weight is 260 g/mol. The minimum atomic E-state index is -0.801. The van der Waals surface area contributed by atoms with Gasteiger partial charge in [0.1, 0.15) is 11.9 Å². The SMILES string of the molecule is CCc1nnc(C)cc1C(O)c1ccc(F)cc1C. The monoisotopic (exact) mass is 260 g/mol. The second-order valence-electron chi connectivity index (χ2n) is 4.64. The zero-order valence-corrected chi connectivity index (χ0v) is 11.3. The third kappa shape index (κ3) is 2.79. The van der Waals surface area contributed by atoms with Crippen molar-refractivity contribution in [1.82, 2.24) is 10.2 Å². The summed E-state index contributed by atoms with van der Waals surface area (Å²) >= 11 is 0. The summed E-state index contributed by atoms with van der Waals surface area (Å²) in [5.41, 5.74) is 3.69. The van der Waals surface area contributed by atoms with Crippen molar-refractivity contribution >= 4 is 0 Å². The van der Waals surface area contributed by atoms with Crippen molar-refractivity contribution in [3.05, 3.63) is 58.2 Å². The highest BCUT2D eigenvalue weighted by molar-refractivity contribution is 5.37. The molecule has 0 saturated carbocycles. The molecule has 0 aliphatic rings. The first-order chi connectivity index (χ1) is 9.02. The van der Waals surface area contributed by atoms with Crippen molar-refractivity contribution in [2.75, 3.05) is 0 Å². The number of rotatable bonds is 3. The fourth-order valence-electron chi connectivity index (χ4n) is 2.16. The summed E-state index contributed by atoms with van der Waals surface area (Å²) < 4.78 is 13.1. The van der Waals surface area contributed by atoms with Crippen LogP contribution in [0.1, 0.15) is 41.1 Å². The Kier molecular flexibility index (Phi) is 3.90. The fraction of sp³-hybridized carbons (Fsp3) is 0.333. The number of aliphatic hydroxyl groups is 1. The van der Waals surface area contributed by atoms with Crippen molar-refractivity contribution < 1.29 is 9.50 Å². The second kappa shape index (κ2) is 5.45. The molecule has 1 atom stereocenters. The lowest BCUT2D eigenvalue weighted by Gasteiger charge is -2.16. The Morgan fingerprint density at radius 2 is 1.89 bits per heavy atom. The predicted octanol–water partition coefficient (Wildman–Crippen LogP) is 2.88. The number of aromatic nitrogens is 2. The van der Waals surface area contributed by atoms with Gasteiger partial charge in [0.15, 0.2) is 0 Å². The number of halogens is 1. The number of aliphatic hydroxyl groups excluding tert-OH is 1. The van der Waals surface area contributed by atoms with Gasteiger partial charge in [-0.25, -0.2) is 4.39 Å². The maximum absolute atomic E-state index is 13.1. The third-order valence-electron chi connectivity index (χ3n) is 3.18. The molecule has 1 aromatic carbocycles. The van der Waals surface area contributed by atoms with Crippen molar-refractivity contribution in [2.24, 2.45) is 0 Å². The summed E-state index contributed by atoms with van der Waals surface area (Å²) in [6.45, 7) is 5.59. The van der Waals surface area contributed by atoms with Crippen LogP contribution in [0.4, 0.5) is 4.39 Å². The predicted molar refractivity (Wildman–Crippen MR) is 71.3 cm³/mol. The van der Waals surface area contributed by atoms with Gasteiger partial charge in [0.25, 0.3) is 0 Å². The molecule has 0 radical (unpaired) electrons. The Hall–Kier alpha value is -1.81. The van der Waals surface area contributed by atoms with E-state index in [0.717, 1.165) is 22.5 Å². The molecule has 100 valence electrons. The first kappa shape index (κ1) is 13.6. The number of hydrogen-bond acceptors (Lipinski definition) is 3. The molecule has 0 bridgehead atoms. The number of benzene rings is 1. The molecule has 0 aliphatic carbocycles. The van der Waals surface area contributed by atoms with Gasteiger partial charge in [0.2, 0.25) is 0 Å². The fourth-order valence-corrected chi connectivity index (χ4v) is 2.16. The molecule has 4 heteroatoms. The van der Waals surface area contributed by atoms with Crippen LogP contribution in [0.3, 0.4) is 0 Å². The van der Waals surface area contributed by atoms with Crippen LogP contribution in [0.2, 0.25) is 0 Å². The maximum atomic E-state index is 13.1. The number of nitrogens with zero attached hydrogens (tertiary/aromatic N) is 2. The van der Waals surface area contributed by atoms with Crippen LogP contribution in [0, 0.1) is 19.7 Å². The molecule has 1 unspecified atom stereocenters. The van der Waals surface area contributed by atoms with Crippen LogP contribution in [0.15, 0.2) is 24.3 Å². The van der Waals surface area contributed by atoms with Crippen LogP contribution in [0.5, 0.6) is 0 Å². The maximum Gasteiger partial charge on any atom is 0.123 e. The van der Waals surface area contributed by atoms with E-state index in [-0.39, 0.29) is 5.82 Å². The van der Waals surface area contributed by atoms with E-state index in [9.17, 15) is 9.50 Å². The van der Waals surface area contributed by atoms with Crippen molar-refractivity contribution in [3.8, 4) is 0 Å². The van der Waals surface area contributed by atoms with Crippen LogP contribution in [-0.2, 0) is 6.42 Å². The van der Waals surface area contributed by atoms with Gasteiger partial charge >= 0.3 is 0 Å². The molecule has 0 fully saturated rings. The molecule has 0 amide bonds.